The maximum Gasteiger partial charge on any atom is 0.387 e. The second-order valence-corrected chi connectivity index (χ2v) is 4.35. The molecule has 0 bridgehead atoms. The number of halogens is 2. The molecule has 2 rings (SSSR count). The second-order valence-electron chi connectivity index (χ2n) is 4.35. The molecule has 3 N–H and O–H groups in total. The predicted octanol–water partition coefficient (Wildman–Crippen LogP) is 2.54. The summed E-state index contributed by atoms with van der Waals surface area (Å²) in [6, 6.07) is 8.00. The number of ether oxygens (including phenoxy) is 1. The summed E-state index contributed by atoms with van der Waals surface area (Å²) in [4.78, 5) is 4.10. The zero-order valence-electron chi connectivity index (χ0n) is 10.9. The fraction of sp³-hybridized carbons (Fsp3) is 0.214. The number of rotatable bonds is 5. The average molecular weight is 279 g/mol. The van der Waals surface area contributed by atoms with Gasteiger partial charge in [-0.1, -0.05) is 18.2 Å². The Hall–Kier alpha value is -2.05. The molecule has 1 unspecified atom stereocenters. The fourth-order valence-corrected chi connectivity index (χ4v) is 1.99. The molecule has 0 amide bonds. The molecule has 0 saturated heterocycles. The van der Waals surface area contributed by atoms with Gasteiger partial charge in [0, 0.05) is 12.4 Å². The van der Waals surface area contributed by atoms with Crippen molar-refractivity contribution in [2.75, 3.05) is 0 Å². The average Bonchev–Trinajstić information content (AvgIpc) is 2.39. The van der Waals surface area contributed by atoms with Gasteiger partial charge in [0.2, 0.25) is 0 Å². The summed E-state index contributed by atoms with van der Waals surface area (Å²) in [6.07, 6.45) is 3.41. The third-order valence-corrected chi connectivity index (χ3v) is 2.81. The maximum absolute atomic E-state index is 12.2. The van der Waals surface area contributed by atoms with Crippen LogP contribution in [-0.2, 0) is 0 Å². The van der Waals surface area contributed by atoms with Gasteiger partial charge in [-0.25, -0.2) is 5.43 Å². The number of hydrogen-bond donors (Lipinski definition) is 2. The van der Waals surface area contributed by atoms with Crippen molar-refractivity contribution in [2.24, 2.45) is 5.84 Å². The third-order valence-electron chi connectivity index (χ3n) is 2.81. The van der Waals surface area contributed by atoms with Gasteiger partial charge < -0.3 is 4.74 Å². The van der Waals surface area contributed by atoms with Crippen molar-refractivity contribution in [3.05, 3.63) is 59.4 Å². The Bertz CT molecular complexity index is 578. The van der Waals surface area contributed by atoms with E-state index in [1.807, 2.05) is 13.0 Å². The van der Waals surface area contributed by atoms with Gasteiger partial charge in [-0.15, -0.1) is 0 Å². The number of benzene rings is 1. The Morgan fingerprint density at radius 1 is 1.20 bits per heavy atom. The largest absolute Gasteiger partial charge is 0.435 e. The molecular weight excluding hydrogens is 264 g/mol. The zero-order chi connectivity index (χ0) is 14.5. The van der Waals surface area contributed by atoms with Crippen LogP contribution in [0.15, 0.2) is 42.7 Å². The lowest BCUT2D eigenvalue weighted by molar-refractivity contribution is -0.0498. The van der Waals surface area contributed by atoms with Gasteiger partial charge in [0.05, 0.1) is 6.04 Å². The Balaban J connectivity index is 2.32. The summed E-state index contributed by atoms with van der Waals surface area (Å²) >= 11 is 0. The smallest absolute Gasteiger partial charge is 0.387 e. The molecular formula is C14H15F2N3O. The molecule has 0 saturated carbocycles. The summed E-state index contributed by atoms with van der Waals surface area (Å²) in [7, 11) is 0. The molecule has 0 spiro atoms. The van der Waals surface area contributed by atoms with Gasteiger partial charge in [0.25, 0.3) is 0 Å². The molecule has 106 valence electrons. The van der Waals surface area contributed by atoms with Crippen LogP contribution in [0.1, 0.15) is 22.7 Å². The van der Waals surface area contributed by atoms with Gasteiger partial charge in [0.15, 0.2) is 0 Å². The molecule has 0 aliphatic carbocycles. The highest BCUT2D eigenvalue weighted by Crippen LogP contribution is 2.25. The molecule has 1 atom stereocenters. The minimum Gasteiger partial charge on any atom is -0.435 e. The summed E-state index contributed by atoms with van der Waals surface area (Å²) in [6.45, 7) is -0.935. The van der Waals surface area contributed by atoms with E-state index in [1.165, 1.54) is 12.1 Å². The van der Waals surface area contributed by atoms with Crippen LogP contribution < -0.4 is 16.0 Å². The molecule has 20 heavy (non-hydrogen) atoms. The minimum atomic E-state index is -2.85. The number of aromatic nitrogens is 1. The van der Waals surface area contributed by atoms with Gasteiger partial charge in [0.1, 0.15) is 5.75 Å². The lowest BCUT2D eigenvalue weighted by Crippen LogP contribution is -2.29. The molecule has 0 aliphatic rings. The summed E-state index contributed by atoms with van der Waals surface area (Å²) in [5.74, 6) is 5.67. The predicted molar refractivity (Wildman–Crippen MR) is 71.2 cm³/mol. The normalized spacial score (nSPS) is 12.4. The number of nitrogens with one attached hydrogen (secondary N) is 1. The highest BCUT2D eigenvalue weighted by Gasteiger charge is 2.14. The number of alkyl halides is 2. The summed E-state index contributed by atoms with van der Waals surface area (Å²) < 4.78 is 28.9. The lowest BCUT2D eigenvalue weighted by Gasteiger charge is -2.17. The van der Waals surface area contributed by atoms with E-state index in [9.17, 15) is 8.78 Å². The number of nitrogens with two attached hydrogens (primary N) is 1. The Morgan fingerprint density at radius 2 is 2.00 bits per heavy atom. The number of pyridine rings is 1. The topological polar surface area (TPSA) is 60.2 Å². The van der Waals surface area contributed by atoms with Gasteiger partial charge in [-0.05, 0) is 35.7 Å². The second kappa shape index (κ2) is 6.40. The molecule has 4 nitrogen and oxygen atoms in total. The van der Waals surface area contributed by atoms with Crippen molar-refractivity contribution in [3.63, 3.8) is 0 Å². The van der Waals surface area contributed by atoms with Gasteiger partial charge in [-0.3, -0.25) is 10.8 Å². The van der Waals surface area contributed by atoms with E-state index < -0.39 is 6.61 Å². The Kier molecular flexibility index (Phi) is 4.60. The first kappa shape index (κ1) is 14.4. The quantitative estimate of drug-likeness (QED) is 0.652. The first-order chi connectivity index (χ1) is 9.60. The van der Waals surface area contributed by atoms with Crippen molar-refractivity contribution in [1.82, 2.24) is 10.4 Å². The van der Waals surface area contributed by atoms with Crippen molar-refractivity contribution in [3.8, 4) is 5.75 Å². The maximum atomic E-state index is 12.2. The van der Waals surface area contributed by atoms with E-state index in [2.05, 4.69) is 15.1 Å². The molecule has 0 fully saturated rings. The molecule has 0 aliphatic heterocycles. The molecule has 6 heteroatoms. The Morgan fingerprint density at radius 3 is 2.65 bits per heavy atom. The fourth-order valence-electron chi connectivity index (χ4n) is 1.99. The first-order valence-electron chi connectivity index (χ1n) is 6.02. The van der Waals surface area contributed by atoms with Crippen LogP contribution >= 0.6 is 0 Å². The van der Waals surface area contributed by atoms with Crippen LogP contribution in [0.3, 0.4) is 0 Å². The van der Waals surface area contributed by atoms with Crippen LogP contribution in [-0.4, -0.2) is 11.6 Å². The lowest BCUT2D eigenvalue weighted by atomic mass is 10.00. The van der Waals surface area contributed by atoms with Crippen LogP contribution in [0, 0.1) is 6.92 Å². The SMILES string of the molecule is Cc1cncc(C(NN)c2cccc(OC(F)F)c2)c1. The van der Waals surface area contributed by atoms with Crippen molar-refractivity contribution in [2.45, 2.75) is 19.6 Å². The van der Waals surface area contributed by atoms with Crippen molar-refractivity contribution < 1.29 is 13.5 Å². The number of hydrazine groups is 1. The van der Waals surface area contributed by atoms with E-state index in [0.29, 0.717) is 0 Å². The molecule has 0 radical (unpaired) electrons. The van der Waals surface area contributed by atoms with E-state index in [0.717, 1.165) is 16.7 Å². The first-order valence-corrected chi connectivity index (χ1v) is 6.02. The van der Waals surface area contributed by atoms with E-state index in [-0.39, 0.29) is 11.8 Å². The van der Waals surface area contributed by atoms with Crippen LogP contribution in [0.25, 0.3) is 0 Å². The standard InChI is InChI=1S/C14H15F2N3O/c1-9-5-11(8-18-7-9)13(19-17)10-3-2-4-12(6-10)20-14(15)16/h2-8,13-14,19H,17H2,1H3. The monoisotopic (exact) mass is 279 g/mol. The van der Waals surface area contributed by atoms with E-state index >= 15 is 0 Å². The molecule has 2 aromatic rings. The summed E-state index contributed by atoms with van der Waals surface area (Å²) in [5, 5.41) is 0. The number of aryl methyl sites for hydroxylation is 1. The van der Waals surface area contributed by atoms with E-state index in [4.69, 9.17) is 5.84 Å². The molecule has 1 heterocycles. The van der Waals surface area contributed by atoms with Crippen molar-refractivity contribution in [1.29, 1.82) is 0 Å². The number of nitrogens with zero attached hydrogens (tertiary/aromatic N) is 1. The highest BCUT2D eigenvalue weighted by atomic mass is 19.3. The van der Waals surface area contributed by atoms with Gasteiger partial charge >= 0.3 is 6.61 Å². The van der Waals surface area contributed by atoms with Crippen LogP contribution in [0.4, 0.5) is 8.78 Å². The van der Waals surface area contributed by atoms with Crippen LogP contribution in [0.5, 0.6) is 5.75 Å². The Labute approximate surface area is 115 Å². The van der Waals surface area contributed by atoms with Crippen LogP contribution in [0.2, 0.25) is 0 Å². The molecule has 1 aromatic carbocycles. The van der Waals surface area contributed by atoms with Gasteiger partial charge in [-0.2, -0.15) is 8.78 Å². The minimum absolute atomic E-state index is 0.0957. The zero-order valence-corrected chi connectivity index (χ0v) is 10.9. The third kappa shape index (κ3) is 3.49. The van der Waals surface area contributed by atoms with E-state index in [1.54, 1.807) is 24.5 Å². The summed E-state index contributed by atoms with van der Waals surface area (Å²) in [5.41, 5.74) is 5.22. The number of hydrogen-bond acceptors (Lipinski definition) is 4. The highest BCUT2D eigenvalue weighted by molar-refractivity contribution is 5.36. The molecule has 1 aromatic heterocycles. The van der Waals surface area contributed by atoms with Crippen molar-refractivity contribution >= 4 is 0 Å².